The van der Waals surface area contributed by atoms with Gasteiger partial charge >= 0.3 is 0 Å². The maximum absolute atomic E-state index is 2.50. The van der Waals surface area contributed by atoms with E-state index in [0.717, 1.165) is 11.8 Å². The summed E-state index contributed by atoms with van der Waals surface area (Å²) < 4.78 is 0. The van der Waals surface area contributed by atoms with Crippen molar-refractivity contribution >= 4 is 0 Å². The van der Waals surface area contributed by atoms with Crippen molar-refractivity contribution in [3.63, 3.8) is 0 Å². The van der Waals surface area contributed by atoms with E-state index in [0.29, 0.717) is 0 Å². The van der Waals surface area contributed by atoms with Crippen LogP contribution in [0, 0.1) is 18.3 Å². The van der Waals surface area contributed by atoms with E-state index in [1.807, 2.05) is 0 Å². The molecular weight excluding hydrogens is 120 g/mol. The summed E-state index contributed by atoms with van der Waals surface area (Å²) in [4.78, 5) is 0. The molecule has 0 aliphatic rings. The lowest BCUT2D eigenvalue weighted by atomic mass is 9.90. The molecule has 0 fully saturated rings. The van der Waals surface area contributed by atoms with Gasteiger partial charge in [0.1, 0.15) is 0 Å². The van der Waals surface area contributed by atoms with E-state index in [9.17, 15) is 0 Å². The van der Waals surface area contributed by atoms with Crippen molar-refractivity contribution in [3.05, 3.63) is 6.42 Å². The first-order chi connectivity index (χ1) is 4.74. The molecule has 0 spiro atoms. The van der Waals surface area contributed by atoms with E-state index in [4.69, 9.17) is 0 Å². The van der Waals surface area contributed by atoms with E-state index >= 15 is 0 Å². The standard InChI is InChI=1S/C10H21/c1-5-9(4)8-10(6-2)7-3/h8-10H,5-7H2,1-4H3. The predicted octanol–water partition coefficient (Wildman–Crippen LogP) is 3.67. The van der Waals surface area contributed by atoms with Crippen molar-refractivity contribution < 1.29 is 0 Å². The molecule has 0 rings (SSSR count). The SMILES string of the molecule is CCC(C)[CH]C(CC)CC. The molecule has 1 atom stereocenters. The zero-order valence-electron chi connectivity index (χ0n) is 7.85. The molecule has 0 bridgehead atoms. The Kier molecular flexibility index (Phi) is 5.76. The third-order valence-corrected chi connectivity index (χ3v) is 2.29. The van der Waals surface area contributed by atoms with E-state index in [2.05, 4.69) is 34.1 Å². The summed E-state index contributed by atoms with van der Waals surface area (Å²) in [5, 5.41) is 0. The van der Waals surface area contributed by atoms with Crippen LogP contribution in [-0.2, 0) is 0 Å². The van der Waals surface area contributed by atoms with Gasteiger partial charge in [0.2, 0.25) is 0 Å². The molecular formula is C10H21. The Morgan fingerprint density at radius 1 is 1.00 bits per heavy atom. The van der Waals surface area contributed by atoms with E-state index in [1.54, 1.807) is 0 Å². The van der Waals surface area contributed by atoms with Crippen LogP contribution >= 0.6 is 0 Å². The van der Waals surface area contributed by atoms with Gasteiger partial charge in [-0.1, -0.05) is 47.0 Å². The van der Waals surface area contributed by atoms with Crippen molar-refractivity contribution in [2.45, 2.75) is 47.0 Å². The van der Waals surface area contributed by atoms with Crippen LogP contribution < -0.4 is 0 Å². The quantitative estimate of drug-likeness (QED) is 0.548. The third kappa shape index (κ3) is 3.92. The second-order valence-electron chi connectivity index (χ2n) is 3.15. The van der Waals surface area contributed by atoms with Gasteiger partial charge in [0.25, 0.3) is 0 Å². The van der Waals surface area contributed by atoms with E-state index in [1.165, 1.54) is 19.3 Å². The lowest BCUT2D eigenvalue weighted by Crippen LogP contribution is -2.04. The average molecular weight is 141 g/mol. The first-order valence-electron chi connectivity index (χ1n) is 4.59. The molecule has 10 heavy (non-hydrogen) atoms. The fraction of sp³-hybridized carbons (Fsp3) is 0.900. The fourth-order valence-corrected chi connectivity index (χ4v) is 1.16. The zero-order valence-corrected chi connectivity index (χ0v) is 7.85. The second-order valence-corrected chi connectivity index (χ2v) is 3.15. The average Bonchev–Trinajstić information content (AvgIpc) is 1.99. The van der Waals surface area contributed by atoms with Gasteiger partial charge in [0, 0.05) is 0 Å². The first-order valence-corrected chi connectivity index (χ1v) is 4.59. The van der Waals surface area contributed by atoms with Crippen molar-refractivity contribution in [1.29, 1.82) is 0 Å². The summed E-state index contributed by atoms with van der Waals surface area (Å²) >= 11 is 0. The van der Waals surface area contributed by atoms with Crippen LogP contribution in [0.4, 0.5) is 0 Å². The highest BCUT2D eigenvalue weighted by atomic mass is 14.1. The summed E-state index contributed by atoms with van der Waals surface area (Å²) in [5.74, 6) is 1.67. The predicted molar refractivity (Wildman–Crippen MR) is 47.8 cm³/mol. The van der Waals surface area contributed by atoms with Gasteiger partial charge in [-0.3, -0.25) is 0 Å². The smallest absolute Gasteiger partial charge is 0.0327 e. The van der Waals surface area contributed by atoms with Crippen LogP contribution in [0.25, 0.3) is 0 Å². The molecule has 0 nitrogen and oxygen atoms in total. The number of hydrogen-bond acceptors (Lipinski definition) is 0. The van der Waals surface area contributed by atoms with Gasteiger partial charge in [-0.15, -0.1) is 0 Å². The molecule has 0 aliphatic heterocycles. The molecule has 61 valence electrons. The normalized spacial score (nSPS) is 14.1. The van der Waals surface area contributed by atoms with E-state index in [-0.39, 0.29) is 0 Å². The van der Waals surface area contributed by atoms with Crippen molar-refractivity contribution in [2.75, 3.05) is 0 Å². The Hall–Kier alpha value is 0. The van der Waals surface area contributed by atoms with Gasteiger partial charge in [0.05, 0.1) is 0 Å². The largest absolute Gasteiger partial charge is 0.0651 e. The van der Waals surface area contributed by atoms with Crippen molar-refractivity contribution in [2.24, 2.45) is 11.8 Å². The molecule has 0 aromatic rings. The molecule has 0 amide bonds. The molecule has 1 unspecified atom stereocenters. The molecule has 0 aliphatic carbocycles. The topological polar surface area (TPSA) is 0 Å². The number of rotatable bonds is 5. The van der Waals surface area contributed by atoms with Crippen LogP contribution in [0.15, 0.2) is 0 Å². The molecule has 1 radical (unpaired) electrons. The maximum atomic E-state index is 2.50. The second kappa shape index (κ2) is 5.76. The van der Waals surface area contributed by atoms with Crippen LogP contribution in [0.1, 0.15) is 47.0 Å². The van der Waals surface area contributed by atoms with Crippen molar-refractivity contribution in [3.8, 4) is 0 Å². The molecule has 0 N–H and O–H groups in total. The summed E-state index contributed by atoms with van der Waals surface area (Å²) in [6.45, 7) is 9.10. The van der Waals surface area contributed by atoms with Crippen molar-refractivity contribution in [1.82, 2.24) is 0 Å². The van der Waals surface area contributed by atoms with Crippen LogP contribution in [-0.4, -0.2) is 0 Å². The minimum absolute atomic E-state index is 0.810. The monoisotopic (exact) mass is 141 g/mol. The van der Waals surface area contributed by atoms with Gasteiger partial charge in [-0.2, -0.15) is 0 Å². The fourth-order valence-electron chi connectivity index (χ4n) is 1.16. The molecule has 0 saturated heterocycles. The zero-order chi connectivity index (χ0) is 7.98. The Morgan fingerprint density at radius 3 is 1.80 bits per heavy atom. The highest BCUT2D eigenvalue weighted by Crippen LogP contribution is 2.18. The van der Waals surface area contributed by atoms with Gasteiger partial charge in [-0.05, 0) is 18.3 Å². The molecule has 0 heterocycles. The van der Waals surface area contributed by atoms with E-state index < -0.39 is 0 Å². The summed E-state index contributed by atoms with van der Waals surface area (Å²) in [6.07, 6.45) is 6.40. The lowest BCUT2D eigenvalue weighted by Gasteiger charge is -2.15. The van der Waals surface area contributed by atoms with Gasteiger partial charge < -0.3 is 0 Å². The Labute approximate surface area is 66.0 Å². The van der Waals surface area contributed by atoms with Gasteiger partial charge in [-0.25, -0.2) is 0 Å². The summed E-state index contributed by atoms with van der Waals surface area (Å²) in [7, 11) is 0. The lowest BCUT2D eigenvalue weighted by molar-refractivity contribution is 0.477. The third-order valence-electron chi connectivity index (χ3n) is 2.29. The molecule has 0 saturated carbocycles. The highest BCUT2D eigenvalue weighted by Gasteiger charge is 2.07. The molecule has 0 aromatic carbocycles. The maximum Gasteiger partial charge on any atom is -0.0327 e. The van der Waals surface area contributed by atoms with Crippen LogP contribution in [0.3, 0.4) is 0 Å². The first kappa shape index (κ1) is 10.0. The highest BCUT2D eigenvalue weighted by molar-refractivity contribution is 4.78. The van der Waals surface area contributed by atoms with Crippen LogP contribution in [0.5, 0.6) is 0 Å². The van der Waals surface area contributed by atoms with Crippen LogP contribution in [0.2, 0.25) is 0 Å². The molecule has 0 aromatic heterocycles. The molecule has 0 heteroatoms. The Morgan fingerprint density at radius 2 is 1.50 bits per heavy atom. The Bertz CT molecular complexity index is 62.4. The van der Waals surface area contributed by atoms with Gasteiger partial charge in [0.15, 0.2) is 0 Å². The number of hydrogen-bond donors (Lipinski definition) is 0. The summed E-state index contributed by atoms with van der Waals surface area (Å²) in [6, 6.07) is 0. The summed E-state index contributed by atoms with van der Waals surface area (Å²) in [5.41, 5.74) is 0. The minimum Gasteiger partial charge on any atom is -0.0651 e. The minimum atomic E-state index is 0.810. The Balaban J connectivity index is 3.41.